The van der Waals surface area contributed by atoms with Gasteiger partial charge in [0.25, 0.3) is 0 Å². The van der Waals surface area contributed by atoms with Crippen molar-refractivity contribution in [3.63, 3.8) is 0 Å². The van der Waals surface area contributed by atoms with Crippen LogP contribution in [0.15, 0.2) is 24.3 Å². The highest BCUT2D eigenvalue weighted by Crippen LogP contribution is 2.46. The fourth-order valence-corrected chi connectivity index (χ4v) is 5.46. The third-order valence-corrected chi connectivity index (χ3v) is 7.30. The molecule has 3 fully saturated rings. The monoisotopic (exact) mass is 494 g/mol. The fourth-order valence-electron chi connectivity index (χ4n) is 5.46. The van der Waals surface area contributed by atoms with Gasteiger partial charge in [0.15, 0.2) is 18.2 Å². The Labute approximate surface area is 210 Å². The van der Waals surface area contributed by atoms with Crippen molar-refractivity contribution in [1.82, 2.24) is 0 Å². The molecule has 0 bridgehead atoms. The van der Waals surface area contributed by atoms with Crippen LogP contribution in [0.3, 0.4) is 0 Å². The van der Waals surface area contributed by atoms with Crippen molar-refractivity contribution in [2.24, 2.45) is 11.8 Å². The number of aliphatic hydroxyl groups excluding tert-OH is 1. The Balaban J connectivity index is 1.52. The number of hydrogen-bond donors (Lipinski definition) is 2. The normalized spacial score (nSPS) is 33.5. The zero-order valence-corrected chi connectivity index (χ0v) is 21.8. The number of ether oxygens (including phenoxy) is 4. The van der Waals surface area contributed by atoms with E-state index in [0.29, 0.717) is 25.9 Å². The van der Waals surface area contributed by atoms with Crippen LogP contribution < -0.4 is 0 Å². The largest absolute Gasteiger partial charge is 0.479 e. The molecular formula is C28H46O7. The number of carboxylic acid groups (broad SMARTS) is 1. The summed E-state index contributed by atoms with van der Waals surface area (Å²) in [4.78, 5) is 11.6. The number of carboxylic acids is 1. The summed E-state index contributed by atoms with van der Waals surface area (Å²) >= 11 is 0. The molecule has 0 aromatic rings. The van der Waals surface area contributed by atoms with Gasteiger partial charge in [-0.3, -0.25) is 0 Å². The van der Waals surface area contributed by atoms with E-state index >= 15 is 0 Å². The van der Waals surface area contributed by atoms with Crippen LogP contribution in [0.5, 0.6) is 0 Å². The topological polar surface area (TPSA) is 94.5 Å². The third kappa shape index (κ3) is 8.39. The number of allylic oxidation sites excluding steroid dienone is 3. The standard InChI is InChI=1S/C28H46O7/c1-4-5-6-7-8-10-16-21-20(24(29)26-25(21)34-28(2,3)35-26)15-11-9-12-17-22(27(30)31)33-23-18-13-14-19-32-23/h9-11,16,20-26,29H,4-8,12-15,17-19H2,1-3H3,(H,30,31)/t20-,21-,22?,23?,24-,25+,26-/m1/s1. The van der Waals surface area contributed by atoms with E-state index in [-0.39, 0.29) is 24.0 Å². The zero-order chi connectivity index (χ0) is 25.3. The minimum atomic E-state index is -0.951. The first-order valence-electron chi connectivity index (χ1n) is 13.7. The molecule has 0 spiro atoms. The number of rotatable bonds is 14. The van der Waals surface area contributed by atoms with Gasteiger partial charge in [-0.05, 0) is 71.1 Å². The molecule has 35 heavy (non-hydrogen) atoms. The lowest BCUT2D eigenvalue weighted by Crippen LogP contribution is -2.32. The number of aliphatic carboxylic acids is 1. The molecule has 0 amide bonds. The summed E-state index contributed by atoms with van der Waals surface area (Å²) in [6.07, 6.45) is 16.5. The summed E-state index contributed by atoms with van der Waals surface area (Å²) in [5, 5.41) is 20.6. The van der Waals surface area contributed by atoms with Crippen molar-refractivity contribution < 1.29 is 34.0 Å². The molecule has 2 N–H and O–H groups in total. The molecule has 200 valence electrons. The smallest absolute Gasteiger partial charge is 0.332 e. The maximum absolute atomic E-state index is 11.6. The van der Waals surface area contributed by atoms with E-state index < -0.39 is 30.3 Å². The second kappa shape index (κ2) is 13.9. The summed E-state index contributed by atoms with van der Waals surface area (Å²) in [5.74, 6) is -1.54. The van der Waals surface area contributed by atoms with Gasteiger partial charge in [-0.15, -0.1) is 0 Å². The van der Waals surface area contributed by atoms with Crippen LogP contribution in [-0.2, 0) is 23.7 Å². The molecule has 2 heterocycles. The zero-order valence-electron chi connectivity index (χ0n) is 21.8. The van der Waals surface area contributed by atoms with Gasteiger partial charge in [0, 0.05) is 12.5 Å². The van der Waals surface area contributed by atoms with Crippen molar-refractivity contribution in [1.29, 1.82) is 0 Å². The highest BCUT2D eigenvalue weighted by Gasteiger charge is 2.57. The first-order valence-corrected chi connectivity index (χ1v) is 13.7. The van der Waals surface area contributed by atoms with Gasteiger partial charge in [0.05, 0.1) is 12.2 Å². The van der Waals surface area contributed by atoms with E-state index in [0.717, 1.165) is 25.7 Å². The Morgan fingerprint density at radius 1 is 1.09 bits per heavy atom. The average molecular weight is 495 g/mol. The van der Waals surface area contributed by atoms with Crippen molar-refractivity contribution in [2.45, 2.75) is 128 Å². The van der Waals surface area contributed by atoms with Crippen molar-refractivity contribution >= 4 is 5.97 Å². The first-order chi connectivity index (χ1) is 16.8. The van der Waals surface area contributed by atoms with Crippen LogP contribution in [-0.4, -0.2) is 59.3 Å². The predicted octanol–water partition coefficient (Wildman–Crippen LogP) is 5.36. The van der Waals surface area contributed by atoms with E-state index in [9.17, 15) is 15.0 Å². The fraction of sp³-hybridized carbons (Fsp3) is 0.821. The van der Waals surface area contributed by atoms with E-state index in [2.05, 4.69) is 25.2 Å². The number of aliphatic hydroxyl groups is 1. The Hall–Kier alpha value is -1.25. The molecule has 1 aliphatic carbocycles. The summed E-state index contributed by atoms with van der Waals surface area (Å²) < 4.78 is 23.4. The second-order valence-corrected chi connectivity index (χ2v) is 10.6. The molecule has 2 aliphatic heterocycles. The Bertz CT molecular complexity index is 697. The van der Waals surface area contributed by atoms with Gasteiger partial charge in [-0.1, -0.05) is 50.5 Å². The summed E-state index contributed by atoms with van der Waals surface area (Å²) in [7, 11) is 0. The number of fused-ring (bicyclic) bond motifs is 1. The molecule has 0 aromatic heterocycles. The van der Waals surface area contributed by atoms with Gasteiger partial charge in [0.1, 0.15) is 6.10 Å². The van der Waals surface area contributed by atoms with Gasteiger partial charge in [-0.25, -0.2) is 4.79 Å². The number of hydrogen-bond acceptors (Lipinski definition) is 6. The van der Waals surface area contributed by atoms with Crippen LogP contribution in [0, 0.1) is 11.8 Å². The lowest BCUT2D eigenvalue weighted by Gasteiger charge is -2.26. The summed E-state index contributed by atoms with van der Waals surface area (Å²) in [5.41, 5.74) is 0. The highest BCUT2D eigenvalue weighted by molar-refractivity contribution is 5.72. The van der Waals surface area contributed by atoms with E-state index in [1.165, 1.54) is 25.7 Å². The van der Waals surface area contributed by atoms with Gasteiger partial charge in [-0.2, -0.15) is 0 Å². The van der Waals surface area contributed by atoms with Crippen molar-refractivity contribution in [3.8, 4) is 0 Å². The first kappa shape index (κ1) is 28.3. The van der Waals surface area contributed by atoms with Crippen LogP contribution in [0.4, 0.5) is 0 Å². The van der Waals surface area contributed by atoms with Gasteiger partial charge in [0.2, 0.25) is 0 Å². The molecule has 0 aromatic carbocycles. The Morgan fingerprint density at radius 3 is 2.60 bits per heavy atom. The van der Waals surface area contributed by atoms with Crippen molar-refractivity contribution in [3.05, 3.63) is 24.3 Å². The lowest BCUT2D eigenvalue weighted by molar-refractivity contribution is -0.201. The molecule has 7 nitrogen and oxygen atoms in total. The van der Waals surface area contributed by atoms with E-state index in [1.807, 2.05) is 19.9 Å². The molecule has 3 rings (SSSR count). The Kier molecular flexibility index (Phi) is 11.2. The quantitative estimate of drug-likeness (QED) is 0.248. The Morgan fingerprint density at radius 2 is 1.89 bits per heavy atom. The average Bonchev–Trinajstić information content (AvgIpc) is 3.26. The SMILES string of the molecule is CCCCCCC=C[C@@H]1[C@@H](CC=CCCC(OC2CCCCO2)C(=O)O)[C@@H](O)[C@H]2OC(C)(C)O[C@@H]12. The summed E-state index contributed by atoms with van der Waals surface area (Å²) in [6, 6.07) is 0. The molecule has 1 saturated carbocycles. The molecule has 0 radical (unpaired) electrons. The maximum atomic E-state index is 11.6. The minimum Gasteiger partial charge on any atom is -0.479 e. The minimum absolute atomic E-state index is 0.00593. The van der Waals surface area contributed by atoms with Crippen LogP contribution in [0.25, 0.3) is 0 Å². The van der Waals surface area contributed by atoms with Crippen LogP contribution >= 0.6 is 0 Å². The third-order valence-electron chi connectivity index (χ3n) is 7.30. The van der Waals surface area contributed by atoms with Gasteiger partial charge < -0.3 is 29.2 Å². The van der Waals surface area contributed by atoms with Crippen LogP contribution in [0.1, 0.15) is 91.4 Å². The van der Waals surface area contributed by atoms with E-state index in [4.69, 9.17) is 18.9 Å². The predicted molar refractivity (Wildman–Crippen MR) is 134 cm³/mol. The number of unbranched alkanes of at least 4 members (excludes halogenated alkanes) is 4. The number of carbonyl (C=O) groups is 1. The molecular weight excluding hydrogens is 448 g/mol. The molecule has 7 atom stereocenters. The maximum Gasteiger partial charge on any atom is 0.332 e. The molecule has 7 heteroatoms. The molecule has 3 aliphatic rings. The lowest BCUT2D eigenvalue weighted by atomic mass is 9.89. The molecule has 2 unspecified atom stereocenters. The molecule has 2 saturated heterocycles. The highest BCUT2D eigenvalue weighted by atomic mass is 16.8. The van der Waals surface area contributed by atoms with Crippen molar-refractivity contribution in [2.75, 3.05) is 6.61 Å². The second-order valence-electron chi connectivity index (χ2n) is 10.6. The van der Waals surface area contributed by atoms with E-state index in [1.54, 1.807) is 0 Å². The van der Waals surface area contributed by atoms with Crippen LogP contribution in [0.2, 0.25) is 0 Å². The summed E-state index contributed by atoms with van der Waals surface area (Å²) in [6.45, 7) is 6.64. The van der Waals surface area contributed by atoms with Gasteiger partial charge >= 0.3 is 5.97 Å².